The van der Waals surface area contributed by atoms with Crippen LogP contribution < -0.4 is 10.5 Å². The number of sulfonamides is 1. The van der Waals surface area contributed by atoms with E-state index < -0.39 is 10.0 Å². The van der Waals surface area contributed by atoms with E-state index in [1.54, 1.807) is 12.1 Å². The number of amides is 1. The normalized spacial score (nSPS) is 11.1. The molecule has 0 fully saturated rings. The topological polar surface area (TPSA) is 115 Å². The SMILES string of the molecule is NS(=O)(=O)c1ccc(CCNC(=O)c2cncnc2)cc1. The van der Waals surface area contributed by atoms with Crippen LogP contribution in [0.25, 0.3) is 0 Å². The molecule has 0 unspecified atom stereocenters. The van der Waals surface area contributed by atoms with E-state index in [2.05, 4.69) is 15.3 Å². The van der Waals surface area contributed by atoms with E-state index >= 15 is 0 Å². The average molecular weight is 306 g/mol. The molecule has 0 spiro atoms. The number of hydrogen-bond donors (Lipinski definition) is 2. The van der Waals surface area contributed by atoms with E-state index in [0.717, 1.165) is 5.56 Å². The zero-order valence-electron chi connectivity index (χ0n) is 11.1. The van der Waals surface area contributed by atoms with Gasteiger partial charge in [-0.15, -0.1) is 0 Å². The summed E-state index contributed by atoms with van der Waals surface area (Å²) in [7, 11) is -3.67. The highest BCUT2D eigenvalue weighted by Gasteiger charge is 2.07. The standard InChI is InChI=1S/C13H14N4O3S/c14-21(19,20)12-3-1-10(2-4-12)5-6-17-13(18)11-7-15-9-16-8-11/h1-4,7-9H,5-6H2,(H,17,18)(H2,14,19,20). The van der Waals surface area contributed by atoms with Crippen molar-refractivity contribution in [2.75, 3.05) is 6.54 Å². The number of benzene rings is 1. The van der Waals surface area contributed by atoms with Gasteiger partial charge in [0.25, 0.3) is 5.91 Å². The first-order valence-electron chi connectivity index (χ1n) is 6.12. The fourth-order valence-corrected chi connectivity index (χ4v) is 2.20. The number of carbonyl (C=O) groups is 1. The summed E-state index contributed by atoms with van der Waals surface area (Å²) in [6.45, 7) is 0.419. The zero-order valence-corrected chi connectivity index (χ0v) is 11.9. The van der Waals surface area contributed by atoms with Crippen LogP contribution in [0.2, 0.25) is 0 Å². The number of carbonyl (C=O) groups excluding carboxylic acids is 1. The van der Waals surface area contributed by atoms with Crippen LogP contribution in [0.3, 0.4) is 0 Å². The van der Waals surface area contributed by atoms with Crippen LogP contribution in [0.15, 0.2) is 47.9 Å². The van der Waals surface area contributed by atoms with Crippen molar-refractivity contribution in [1.29, 1.82) is 0 Å². The largest absolute Gasteiger partial charge is 0.352 e. The Morgan fingerprint density at radius 1 is 1.14 bits per heavy atom. The second-order valence-electron chi connectivity index (χ2n) is 4.32. The van der Waals surface area contributed by atoms with Crippen molar-refractivity contribution in [2.24, 2.45) is 5.14 Å². The number of rotatable bonds is 5. The van der Waals surface area contributed by atoms with Crippen molar-refractivity contribution in [3.63, 3.8) is 0 Å². The number of nitrogens with two attached hydrogens (primary N) is 1. The van der Waals surface area contributed by atoms with E-state index in [4.69, 9.17) is 5.14 Å². The smallest absolute Gasteiger partial charge is 0.254 e. The third-order valence-electron chi connectivity index (χ3n) is 2.77. The van der Waals surface area contributed by atoms with E-state index in [9.17, 15) is 13.2 Å². The van der Waals surface area contributed by atoms with Gasteiger partial charge >= 0.3 is 0 Å². The van der Waals surface area contributed by atoms with Crippen LogP contribution in [0.1, 0.15) is 15.9 Å². The first-order chi connectivity index (χ1) is 9.97. The van der Waals surface area contributed by atoms with Crippen LogP contribution >= 0.6 is 0 Å². The summed E-state index contributed by atoms with van der Waals surface area (Å²) < 4.78 is 22.2. The number of nitrogens with zero attached hydrogens (tertiary/aromatic N) is 2. The Morgan fingerprint density at radius 2 is 1.76 bits per heavy atom. The fraction of sp³-hybridized carbons (Fsp3) is 0.154. The molecule has 2 rings (SSSR count). The van der Waals surface area contributed by atoms with Crippen LogP contribution in [0.5, 0.6) is 0 Å². The lowest BCUT2D eigenvalue weighted by Gasteiger charge is -2.05. The lowest BCUT2D eigenvalue weighted by molar-refractivity contribution is 0.0953. The molecule has 21 heavy (non-hydrogen) atoms. The number of aromatic nitrogens is 2. The number of nitrogens with one attached hydrogen (secondary N) is 1. The van der Waals surface area contributed by atoms with Crippen molar-refractivity contribution < 1.29 is 13.2 Å². The minimum Gasteiger partial charge on any atom is -0.352 e. The molecule has 3 N–H and O–H groups in total. The van der Waals surface area contributed by atoms with Gasteiger partial charge in [0, 0.05) is 18.9 Å². The Bertz CT molecular complexity index is 715. The highest BCUT2D eigenvalue weighted by molar-refractivity contribution is 7.89. The Balaban J connectivity index is 1.88. The first-order valence-corrected chi connectivity index (χ1v) is 7.66. The van der Waals surface area contributed by atoms with Gasteiger partial charge in [0.1, 0.15) is 6.33 Å². The summed E-state index contributed by atoms with van der Waals surface area (Å²) in [6, 6.07) is 6.21. The summed E-state index contributed by atoms with van der Waals surface area (Å²) in [5.74, 6) is -0.253. The van der Waals surface area contributed by atoms with Crippen LogP contribution in [-0.4, -0.2) is 30.8 Å². The second kappa shape index (κ2) is 6.42. The van der Waals surface area contributed by atoms with Gasteiger partial charge in [-0.1, -0.05) is 12.1 Å². The Hall–Kier alpha value is -2.32. The van der Waals surface area contributed by atoms with Gasteiger partial charge in [0.05, 0.1) is 10.5 Å². The van der Waals surface area contributed by atoms with Crippen molar-refractivity contribution in [2.45, 2.75) is 11.3 Å². The third kappa shape index (κ3) is 4.33. The molecule has 7 nitrogen and oxygen atoms in total. The fourth-order valence-electron chi connectivity index (χ4n) is 1.68. The molecule has 0 radical (unpaired) electrons. The van der Waals surface area contributed by atoms with Gasteiger partial charge in [-0.05, 0) is 24.1 Å². The molecule has 0 aliphatic carbocycles. The maximum atomic E-state index is 11.7. The molecule has 0 aliphatic heterocycles. The van der Waals surface area contributed by atoms with E-state index in [1.165, 1.54) is 30.9 Å². The predicted octanol–water partition coefficient (Wildman–Crippen LogP) is 0.0965. The molecule has 0 aliphatic rings. The van der Waals surface area contributed by atoms with E-state index in [0.29, 0.717) is 18.5 Å². The van der Waals surface area contributed by atoms with Gasteiger partial charge in [0.15, 0.2) is 0 Å². The molecular weight excluding hydrogens is 292 g/mol. The Kier molecular flexibility index (Phi) is 4.61. The highest BCUT2D eigenvalue weighted by Crippen LogP contribution is 2.08. The molecule has 1 aromatic carbocycles. The second-order valence-corrected chi connectivity index (χ2v) is 5.88. The van der Waals surface area contributed by atoms with Crippen molar-refractivity contribution in [1.82, 2.24) is 15.3 Å². The summed E-state index contributed by atoms with van der Waals surface area (Å²) in [5.41, 5.74) is 1.29. The molecular formula is C13H14N4O3S. The summed E-state index contributed by atoms with van der Waals surface area (Å²) in [6.07, 6.45) is 4.79. The third-order valence-corrected chi connectivity index (χ3v) is 3.70. The highest BCUT2D eigenvalue weighted by atomic mass is 32.2. The van der Waals surface area contributed by atoms with Gasteiger partial charge < -0.3 is 5.32 Å². The molecule has 1 amide bonds. The van der Waals surface area contributed by atoms with Gasteiger partial charge in [0.2, 0.25) is 10.0 Å². The van der Waals surface area contributed by atoms with Crippen molar-refractivity contribution in [3.8, 4) is 0 Å². The minimum absolute atomic E-state index is 0.0664. The predicted molar refractivity (Wildman–Crippen MR) is 75.9 cm³/mol. The molecule has 0 bridgehead atoms. The van der Waals surface area contributed by atoms with Crippen molar-refractivity contribution >= 4 is 15.9 Å². The molecule has 1 aromatic heterocycles. The maximum Gasteiger partial charge on any atom is 0.254 e. The zero-order chi connectivity index (χ0) is 15.3. The van der Waals surface area contributed by atoms with Crippen LogP contribution in [-0.2, 0) is 16.4 Å². The summed E-state index contributed by atoms with van der Waals surface area (Å²) in [5, 5.41) is 7.74. The lowest BCUT2D eigenvalue weighted by Crippen LogP contribution is -2.25. The molecule has 2 aromatic rings. The molecule has 1 heterocycles. The molecule has 8 heteroatoms. The van der Waals surface area contributed by atoms with Gasteiger partial charge in [-0.25, -0.2) is 23.5 Å². The number of primary sulfonamides is 1. The van der Waals surface area contributed by atoms with E-state index in [1.807, 2.05) is 0 Å². The lowest BCUT2D eigenvalue weighted by atomic mass is 10.1. The summed E-state index contributed by atoms with van der Waals surface area (Å²) in [4.78, 5) is 19.3. The van der Waals surface area contributed by atoms with Gasteiger partial charge in [-0.3, -0.25) is 4.79 Å². The van der Waals surface area contributed by atoms with Crippen LogP contribution in [0.4, 0.5) is 0 Å². The Morgan fingerprint density at radius 3 is 2.33 bits per heavy atom. The molecule has 0 saturated heterocycles. The molecule has 0 saturated carbocycles. The van der Waals surface area contributed by atoms with Gasteiger partial charge in [-0.2, -0.15) is 0 Å². The number of hydrogen-bond acceptors (Lipinski definition) is 5. The van der Waals surface area contributed by atoms with Crippen LogP contribution in [0, 0.1) is 0 Å². The molecule has 0 atom stereocenters. The first kappa shape index (κ1) is 15.1. The maximum absolute atomic E-state index is 11.7. The monoisotopic (exact) mass is 306 g/mol. The molecule has 110 valence electrons. The van der Waals surface area contributed by atoms with Crippen molar-refractivity contribution in [3.05, 3.63) is 54.1 Å². The quantitative estimate of drug-likeness (QED) is 0.812. The Labute approximate surface area is 122 Å². The average Bonchev–Trinajstić information content (AvgIpc) is 2.47. The minimum atomic E-state index is -3.67. The van der Waals surface area contributed by atoms with E-state index in [-0.39, 0.29) is 10.8 Å². The summed E-state index contributed by atoms with van der Waals surface area (Å²) >= 11 is 0.